The zero-order valence-corrected chi connectivity index (χ0v) is 18.3. The highest BCUT2D eigenvalue weighted by atomic mass is 35.5. The smallest absolute Gasteiger partial charge is 0.253 e. The number of benzene rings is 2. The predicted molar refractivity (Wildman–Crippen MR) is 117 cm³/mol. The summed E-state index contributed by atoms with van der Waals surface area (Å²) in [4.78, 5) is 38.1. The van der Waals surface area contributed by atoms with Crippen molar-refractivity contribution in [2.75, 3.05) is 27.2 Å². The van der Waals surface area contributed by atoms with Gasteiger partial charge in [-0.3, -0.25) is 14.4 Å². The number of carbonyl (C=O) groups is 3. The Bertz CT molecular complexity index is 919. The van der Waals surface area contributed by atoms with Crippen molar-refractivity contribution in [1.82, 2.24) is 20.9 Å². The average Bonchev–Trinajstić information content (AvgIpc) is 2.69. The van der Waals surface area contributed by atoms with E-state index < -0.39 is 11.8 Å². The minimum absolute atomic E-state index is 0.188. The van der Waals surface area contributed by atoms with Crippen LogP contribution in [-0.4, -0.2) is 49.8 Å². The van der Waals surface area contributed by atoms with Crippen LogP contribution in [0.3, 0.4) is 0 Å². The monoisotopic (exact) mass is 450 g/mol. The van der Waals surface area contributed by atoms with E-state index in [-0.39, 0.29) is 29.6 Å². The van der Waals surface area contributed by atoms with Gasteiger partial charge < -0.3 is 20.9 Å². The lowest BCUT2D eigenvalue weighted by Gasteiger charge is -2.14. The highest BCUT2D eigenvalue weighted by Crippen LogP contribution is 2.20. The number of nitrogens with zero attached hydrogens (tertiary/aromatic N) is 1. The normalized spacial score (nSPS) is 10.6. The SMILES string of the molecule is CN(C)Cc1ccccc1CNC(=O)CNC(=O)CNC(=O)c1ccc(Cl)cc1Cl. The zero-order chi connectivity index (χ0) is 22.1. The number of halogens is 2. The first-order chi connectivity index (χ1) is 14.3. The molecular formula is C21H24Cl2N4O3. The Morgan fingerprint density at radius 3 is 2.17 bits per heavy atom. The lowest BCUT2D eigenvalue weighted by atomic mass is 10.1. The standard InChI is InChI=1S/C21H24Cl2N4O3/c1-27(2)13-15-6-4-3-5-14(15)10-24-19(28)11-25-20(29)12-26-21(30)17-8-7-16(22)9-18(17)23/h3-9H,10-13H2,1-2H3,(H,24,28)(H,25,29)(H,26,30). The molecule has 0 radical (unpaired) electrons. The van der Waals surface area contributed by atoms with E-state index in [1.54, 1.807) is 0 Å². The van der Waals surface area contributed by atoms with Crippen LogP contribution in [0.5, 0.6) is 0 Å². The maximum absolute atomic E-state index is 12.1. The Morgan fingerprint density at radius 1 is 0.867 bits per heavy atom. The molecule has 9 heteroatoms. The lowest BCUT2D eigenvalue weighted by molar-refractivity contribution is -0.125. The van der Waals surface area contributed by atoms with Crippen LogP contribution in [0, 0.1) is 0 Å². The molecular weight excluding hydrogens is 427 g/mol. The van der Waals surface area contributed by atoms with Crippen LogP contribution in [0.25, 0.3) is 0 Å². The summed E-state index contributed by atoms with van der Waals surface area (Å²) >= 11 is 11.8. The van der Waals surface area contributed by atoms with Crippen molar-refractivity contribution in [2.24, 2.45) is 0 Å². The molecule has 3 amide bonds. The number of carbonyl (C=O) groups excluding carboxylic acids is 3. The molecule has 7 nitrogen and oxygen atoms in total. The molecule has 0 saturated heterocycles. The van der Waals surface area contributed by atoms with Gasteiger partial charge in [0.1, 0.15) is 0 Å². The molecule has 2 rings (SSSR count). The Kier molecular flexibility index (Phi) is 9.11. The first-order valence-electron chi connectivity index (χ1n) is 9.24. The predicted octanol–water partition coefficient (Wildman–Crippen LogP) is 2.22. The van der Waals surface area contributed by atoms with Gasteiger partial charge in [0.2, 0.25) is 11.8 Å². The van der Waals surface area contributed by atoms with Gasteiger partial charge in [0.05, 0.1) is 23.7 Å². The van der Waals surface area contributed by atoms with E-state index in [0.717, 1.165) is 17.7 Å². The van der Waals surface area contributed by atoms with E-state index in [1.807, 2.05) is 43.3 Å². The molecule has 0 aliphatic carbocycles. The molecule has 3 N–H and O–H groups in total. The summed E-state index contributed by atoms with van der Waals surface area (Å²) < 4.78 is 0. The summed E-state index contributed by atoms with van der Waals surface area (Å²) in [6.45, 7) is 0.660. The average molecular weight is 451 g/mol. The second kappa shape index (κ2) is 11.5. The fraction of sp³-hybridized carbons (Fsp3) is 0.286. The minimum atomic E-state index is -0.506. The van der Waals surface area contributed by atoms with Crippen molar-refractivity contribution < 1.29 is 14.4 Å². The van der Waals surface area contributed by atoms with Crippen LogP contribution in [0.2, 0.25) is 10.0 Å². The third-order valence-electron chi connectivity index (χ3n) is 4.11. The van der Waals surface area contributed by atoms with Gasteiger partial charge in [-0.15, -0.1) is 0 Å². The molecule has 160 valence electrons. The highest BCUT2D eigenvalue weighted by molar-refractivity contribution is 6.36. The Morgan fingerprint density at radius 2 is 1.50 bits per heavy atom. The van der Waals surface area contributed by atoms with Gasteiger partial charge in [-0.1, -0.05) is 47.5 Å². The fourth-order valence-electron chi connectivity index (χ4n) is 2.65. The van der Waals surface area contributed by atoms with E-state index in [0.29, 0.717) is 11.6 Å². The number of hydrogen-bond acceptors (Lipinski definition) is 4. The Labute approximate surface area is 185 Å². The summed E-state index contributed by atoms with van der Waals surface area (Å²) in [6, 6.07) is 12.3. The molecule has 2 aromatic carbocycles. The van der Waals surface area contributed by atoms with Crippen molar-refractivity contribution in [2.45, 2.75) is 13.1 Å². The van der Waals surface area contributed by atoms with Crippen LogP contribution >= 0.6 is 23.2 Å². The first kappa shape index (κ1) is 23.7. The topological polar surface area (TPSA) is 90.5 Å². The number of rotatable bonds is 9. The number of nitrogens with one attached hydrogen (secondary N) is 3. The van der Waals surface area contributed by atoms with Crippen molar-refractivity contribution in [3.63, 3.8) is 0 Å². The largest absolute Gasteiger partial charge is 0.350 e. The van der Waals surface area contributed by atoms with Crippen molar-refractivity contribution in [3.8, 4) is 0 Å². The first-order valence-corrected chi connectivity index (χ1v) is 10.00. The molecule has 30 heavy (non-hydrogen) atoms. The molecule has 0 aliphatic heterocycles. The molecule has 0 saturated carbocycles. The quantitative estimate of drug-likeness (QED) is 0.546. The van der Waals surface area contributed by atoms with Crippen molar-refractivity contribution in [3.05, 3.63) is 69.2 Å². The molecule has 0 fully saturated rings. The summed E-state index contributed by atoms with van der Waals surface area (Å²) in [5, 5.41) is 8.30. The van der Waals surface area contributed by atoms with Gasteiger partial charge in [0, 0.05) is 18.1 Å². The van der Waals surface area contributed by atoms with Crippen LogP contribution in [-0.2, 0) is 22.7 Å². The highest BCUT2D eigenvalue weighted by Gasteiger charge is 2.13. The zero-order valence-electron chi connectivity index (χ0n) is 16.8. The molecule has 0 aliphatic rings. The summed E-state index contributed by atoms with van der Waals surface area (Å²) in [5.74, 6) is -1.32. The van der Waals surface area contributed by atoms with Gasteiger partial charge in [0.25, 0.3) is 5.91 Å². The maximum Gasteiger partial charge on any atom is 0.253 e. The molecule has 0 spiro atoms. The third kappa shape index (κ3) is 7.67. The fourth-order valence-corrected chi connectivity index (χ4v) is 3.15. The van der Waals surface area contributed by atoms with Gasteiger partial charge in [-0.2, -0.15) is 0 Å². The van der Waals surface area contributed by atoms with Gasteiger partial charge in [0.15, 0.2) is 0 Å². The molecule has 2 aromatic rings. The van der Waals surface area contributed by atoms with E-state index in [2.05, 4.69) is 16.0 Å². The summed E-state index contributed by atoms with van der Waals surface area (Å²) in [6.07, 6.45) is 0. The number of hydrogen-bond donors (Lipinski definition) is 3. The van der Waals surface area contributed by atoms with E-state index in [9.17, 15) is 14.4 Å². The van der Waals surface area contributed by atoms with Crippen LogP contribution in [0.1, 0.15) is 21.5 Å². The molecule has 0 heterocycles. The van der Waals surface area contributed by atoms with Gasteiger partial charge in [-0.05, 0) is 43.4 Å². The Balaban J connectivity index is 1.74. The maximum atomic E-state index is 12.1. The summed E-state index contributed by atoms with van der Waals surface area (Å²) in [5.41, 5.74) is 2.34. The van der Waals surface area contributed by atoms with Crippen molar-refractivity contribution in [1.29, 1.82) is 0 Å². The van der Waals surface area contributed by atoms with Crippen LogP contribution in [0.15, 0.2) is 42.5 Å². The lowest BCUT2D eigenvalue weighted by Crippen LogP contribution is -2.42. The Hall–Kier alpha value is -2.61. The molecule has 0 bridgehead atoms. The van der Waals surface area contributed by atoms with E-state index in [4.69, 9.17) is 23.2 Å². The van der Waals surface area contributed by atoms with Crippen LogP contribution < -0.4 is 16.0 Å². The van der Waals surface area contributed by atoms with Crippen LogP contribution in [0.4, 0.5) is 0 Å². The molecule has 0 atom stereocenters. The minimum Gasteiger partial charge on any atom is -0.350 e. The second-order valence-electron chi connectivity index (χ2n) is 6.87. The third-order valence-corrected chi connectivity index (χ3v) is 4.66. The van der Waals surface area contributed by atoms with Crippen molar-refractivity contribution >= 4 is 40.9 Å². The second-order valence-corrected chi connectivity index (χ2v) is 7.71. The van der Waals surface area contributed by atoms with E-state index >= 15 is 0 Å². The summed E-state index contributed by atoms with van der Waals surface area (Å²) in [7, 11) is 3.95. The number of amides is 3. The van der Waals surface area contributed by atoms with E-state index in [1.165, 1.54) is 18.2 Å². The van der Waals surface area contributed by atoms with Gasteiger partial charge >= 0.3 is 0 Å². The molecule has 0 unspecified atom stereocenters. The van der Waals surface area contributed by atoms with Gasteiger partial charge in [-0.25, -0.2) is 0 Å². The molecule has 0 aromatic heterocycles.